The molecule has 7 heteroatoms. The zero-order valence-corrected chi connectivity index (χ0v) is 15.8. The maximum atomic E-state index is 12.9. The van der Waals surface area contributed by atoms with Gasteiger partial charge in [0.1, 0.15) is 6.04 Å². The maximum Gasteiger partial charge on any atom is 0.326 e. The zero-order valence-electron chi connectivity index (χ0n) is 15.8. The molecule has 1 aromatic heterocycles. The third-order valence-corrected chi connectivity index (χ3v) is 5.72. The monoisotopic (exact) mass is 392 g/mol. The molecule has 5 rings (SSSR count). The number of hydrogen-bond acceptors (Lipinski definition) is 4. The van der Waals surface area contributed by atoms with Crippen LogP contribution in [0.1, 0.15) is 36.2 Å². The molecule has 2 aliphatic rings. The summed E-state index contributed by atoms with van der Waals surface area (Å²) in [6.07, 6.45) is 0.488. The van der Waals surface area contributed by atoms with Crippen LogP contribution in [-0.4, -0.2) is 39.7 Å². The second-order valence-electron chi connectivity index (χ2n) is 7.29. The number of ether oxygens (including phenoxy) is 2. The smallest absolute Gasteiger partial charge is 0.326 e. The third-order valence-electron chi connectivity index (χ3n) is 5.72. The molecule has 0 fully saturated rings. The van der Waals surface area contributed by atoms with Crippen molar-refractivity contribution in [1.82, 2.24) is 9.88 Å². The molecule has 0 spiro atoms. The van der Waals surface area contributed by atoms with Gasteiger partial charge in [0.05, 0.1) is 6.04 Å². The molecule has 29 heavy (non-hydrogen) atoms. The second-order valence-corrected chi connectivity index (χ2v) is 7.29. The number of aliphatic carboxylic acids is 1. The first kappa shape index (κ1) is 17.6. The predicted octanol–water partition coefficient (Wildman–Crippen LogP) is 3.23. The number of carbonyl (C=O) groups is 2. The first-order valence-electron chi connectivity index (χ1n) is 9.61. The molecule has 0 radical (unpaired) electrons. The fourth-order valence-electron chi connectivity index (χ4n) is 4.40. The molecular weight excluding hydrogens is 372 g/mol. The van der Waals surface area contributed by atoms with E-state index in [4.69, 9.17) is 9.47 Å². The number of nitrogens with zero attached hydrogens (tertiary/aromatic N) is 1. The highest BCUT2D eigenvalue weighted by atomic mass is 16.7. The zero-order chi connectivity index (χ0) is 20.1. The standard InChI is InChI=1S/C22H20N2O5/c1-2-19(25)24-16(22(26)27)10-14-13-5-3-4-6-15(13)23-20(14)21(24)12-7-8-17-18(9-12)29-11-28-17/h3-9,16,21,23H,2,10-11H2,1H3,(H,26,27)/t16-,21-/m1/s1. The van der Waals surface area contributed by atoms with Crippen LogP contribution in [0.4, 0.5) is 0 Å². The maximum absolute atomic E-state index is 12.9. The van der Waals surface area contributed by atoms with E-state index in [1.165, 1.54) is 4.90 Å². The van der Waals surface area contributed by atoms with E-state index < -0.39 is 18.1 Å². The molecule has 0 unspecified atom stereocenters. The number of hydrogen-bond donors (Lipinski definition) is 2. The molecule has 148 valence electrons. The number of carbonyl (C=O) groups excluding carboxylic acids is 1. The Labute approximate surface area is 166 Å². The molecule has 7 nitrogen and oxygen atoms in total. The van der Waals surface area contributed by atoms with Crippen molar-refractivity contribution >= 4 is 22.8 Å². The number of fused-ring (bicyclic) bond motifs is 4. The summed E-state index contributed by atoms with van der Waals surface area (Å²) >= 11 is 0. The SMILES string of the molecule is CCC(=O)N1[C@H](c2ccc3c(c2)OCO3)c2[nH]c3ccccc3c2C[C@@H]1C(=O)O. The number of aromatic amines is 1. The quantitative estimate of drug-likeness (QED) is 0.714. The summed E-state index contributed by atoms with van der Waals surface area (Å²) in [7, 11) is 0. The number of nitrogens with one attached hydrogen (secondary N) is 1. The second kappa shape index (κ2) is 6.55. The fourth-order valence-corrected chi connectivity index (χ4v) is 4.40. The van der Waals surface area contributed by atoms with E-state index in [0.717, 1.165) is 27.7 Å². The van der Waals surface area contributed by atoms with Gasteiger partial charge in [0.25, 0.3) is 0 Å². The Morgan fingerprint density at radius 2 is 1.97 bits per heavy atom. The minimum Gasteiger partial charge on any atom is -0.480 e. The van der Waals surface area contributed by atoms with Crippen LogP contribution in [0.2, 0.25) is 0 Å². The van der Waals surface area contributed by atoms with Gasteiger partial charge in [-0.1, -0.05) is 31.2 Å². The van der Waals surface area contributed by atoms with Crippen molar-refractivity contribution in [1.29, 1.82) is 0 Å². The Kier molecular flexibility index (Phi) is 3.97. The fraction of sp³-hybridized carbons (Fsp3) is 0.273. The van der Waals surface area contributed by atoms with Gasteiger partial charge in [0.15, 0.2) is 11.5 Å². The van der Waals surface area contributed by atoms with Gasteiger partial charge in [0, 0.05) is 29.4 Å². The lowest BCUT2D eigenvalue weighted by atomic mass is 9.87. The highest BCUT2D eigenvalue weighted by Gasteiger charge is 2.43. The summed E-state index contributed by atoms with van der Waals surface area (Å²) in [5, 5.41) is 10.9. The van der Waals surface area contributed by atoms with Crippen molar-refractivity contribution in [3.05, 3.63) is 59.3 Å². The molecule has 0 bridgehead atoms. The molecule has 2 N–H and O–H groups in total. The number of carboxylic acids is 1. The largest absolute Gasteiger partial charge is 0.480 e. The Morgan fingerprint density at radius 1 is 1.17 bits per heavy atom. The average molecular weight is 392 g/mol. The predicted molar refractivity (Wildman–Crippen MR) is 105 cm³/mol. The van der Waals surface area contributed by atoms with Crippen LogP contribution in [0.5, 0.6) is 11.5 Å². The Hall–Kier alpha value is -3.48. The lowest BCUT2D eigenvalue weighted by Gasteiger charge is -2.40. The number of rotatable bonds is 3. The van der Waals surface area contributed by atoms with Gasteiger partial charge in [-0.2, -0.15) is 0 Å². The van der Waals surface area contributed by atoms with Crippen LogP contribution in [0.3, 0.4) is 0 Å². The van der Waals surface area contributed by atoms with Gasteiger partial charge >= 0.3 is 5.97 Å². The number of para-hydroxylation sites is 1. The van der Waals surface area contributed by atoms with E-state index in [9.17, 15) is 14.7 Å². The van der Waals surface area contributed by atoms with E-state index in [-0.39, 0.29) is 25.5 Å². The highest BCUT2D eigenvalue weighted by molar-refractivity contribution is 5.90. The van der Waals surface area contributed by atoms with Crippen LogP contribution in [0.25, 0.3) is 10.9 Å². The molecule has 2 atom stereocenters. The van der Waals surface area contributed by atoms with Crippen LogP contribution in [-0.2, 0) is 16.0 Å². The molecule has 0 saturated carbocycles. The van der Waals surface area contributed by atoms with Gasteiger partial charge in [-0.3, -0.25) is 4.79 Å². The van der Waals surface area contributed by atoms with Gasteiger partial charge < -0.3 is 24.5 Å². The molecule has 3 aromatic rings. The average Bonchev–Trinajstić information content (AvgIpc) is 3.35. The topological polar surface area (TPSA) is 91.9 Å². The summed E-state index contributed by atoms with van der Waals surface area (Å²) in [5.74, 6) is 0.0314. The van der Waals surface area contributed by atoms with Crippen molar-refractivity contribution in [3.8, 4) is 11.5 Å². The summed E-state index contributed by atoms with van der Waals surface area (Å²) in [4.78, 5) is 30.0. The third kappa shape index (κ3) is 2.65. The van der Waals surface area contributed by atoms with Crippen LogP contribution in [0.15, 0.2) is 42.5 Å². The number of carboxylic acid groups (broad SMARTS) is 1. The molecule has 2 aromatic carbocycles. The normalized spacial score (nSPS) is 20.0. The minimum atomic E-state index is -1.01. The Balaban J connectivity index is 1.75. The first-order valence-corrected chi connectivity index (χ1v) is 9.61. The van der Waals surface area contributed by atoms with Crippen molar-refractivity contribution in [3.63, 3.8) is 0 Å². The summed E-state index contributed by atoms with van der Waals surface area (Å²) < 4.78 is 10.9. The number of aromatic nitrogens is 1. The summed E-state index contributed by atoms with van der Waals surface area (Å²) in [6.45, 7) is 1.90. The Bertz CT molecular complexity index is 1140. The number of H-pyrrole nitrogens is 1. The van der Waals surface area contributed by atoms with Gasteiger partial charge in [-0.25, -0.2) is 4.79 Å². The molecule has 0 saturated heterocycles. The minimum absolute atomic E-state index is 0.149. The lowest BCUT2D eigenvalue weighted by Crippen LogP contribution is -2.51. The summed E-state index contributed by atoms with van der Waals surface area (Å²) in [6, 6.07) is 11.8. The van der Waals surface area contributed by atoms with Crippen LogP contribution >= 0.6 is 0 Å². The van der Waals surface area contributed by atoms with Crippen molar-refractivity contribution in [2.24, 2.45) is 0 Å². The highest BCUT2D eigenvalue weighted by Crippen LogP contribution is 2.43. The number of benzene rings is 2. The van der Waals surface area contributed by atoms with E-state index in [0.29, 0.717) is 11.5 Å². The van der Waals surface area contributed by atoms with E-state index >= 15 is 0 Å². The first-order chi connectivity index (χ1) is 14.1. The molecule has 1 amide bonds. The van der Waals surface area contributed by atoms with Crippen LogP contribution < -0.4 is 9.47 Å². The van der Waals surface area contributed by atoms with Crippen molar-refractivity contribution < 1.29 is 24.2 Å². The Morgan fingerprint density at radius 3 is 2.76 bits per heavy atom. The summed E-state index contributed by atoms with van der Waals surface area (Å²) in [5.41, 5.74) is 3.51. The van der Waals surface area contributed by atoms with Crippen molar-refractivity contribution in [2.45, 2.75) is 31.8 Å². The van der Waals surface area contributed by atoms with Crippen molar-refractivity contribution in [2.75, 3.05) is 6.79 Å². The molecule has 0 aliphatic carbocycles. The van der Waals surface area contributed by atoms with E-state index in [2.05, 4.69) is 4.98 Å². The van der Waals surface area contributed by atoms with Gasteiger partial charge in [-0.05, 0) is 29.3 Å². The molecule has 2 aliphatic heterocycles. The number of amides is 1. The van der Waals surface area contributed by atoms with Crippen LogP contribution in [0, 0.1) is 0 Å². The molecule has 3 heterocycles. The van der Waals surface area contributed by atoms with Gasteiger partial charge in [0.2, 0.25) is 12.7 Å². The lowest BCUT2D eigenvalue weighted by molar-refractivity contribution is -0.152. The van der Waals surface area contributed by atoms with Gasteiger partial charge in [-0.15, -0.1) is 0 Å². The molecular formula is C22H20N2O5. The van der Waals surface area contributed by atoms with E-state index in [1.807, 2.05) is 36.4 Å². The van der Waals surface area contributed by atoms with E-state index in [1.54, 1.807) is 13.0 Å².